The molecule has 3 atom stereocenters. The predicted molar refractivity (Wildman–Crippen MR) is 66.1 cm³/mol. The third kappa shape index (κ3) is 1.27. The van der Waals surface area contributed by atoms with Gasteiger partial charge in [-0.3, -0.25) is 4.79 Å². The Kier molecular flexibility index (Phi) is 2.92. The average molecular weight is 345 g/mol. The maximum Gasteiger partial charge on any atom is 0.311 e. The molecule has 2 aliphatic rings. The molecule has 0 radical (unpaired) electrons. The number of hydrogen-bond donors (Lipinski definition) is 1. The molecule has 90 valence electrons. The molecule has 0 heterocycles. The molecule has 2 nitrogen and oxygen atoms in total. The van der Waals surface area contributed by atoms with E-state index in [1.165, 1.54) is 0 Å². The zero-order chi connectivity index (χ0) is 12.5. The van der Waals surface area contributed by atoms with Crippen molar-refractivity contribution < 1.29 is 9.90 Å². The van der Waals surface area contributed by atoms with Crippen LogP contribution in [0.15, 0.2) is 10.1 Å². The molecule has 0 aliphatic heterocycles. The second kappa shape index (κ2) is 3.49. The quantitative estimate of drug-likeness (QED) is 0.732. The molecule has 2 bridgehead atoms. The summed E-state index contributed by atoms with van der Waals surface area (Å²) in [5, 5.41) is 9.15. The molecule has 0 amide bonds. The lowest BCUT2D eigenvalue weighted by Crippen LogP contribution is -2.49. The van der Waals surface area contributed by atoms with E-state index in [1.807, 2.05) is 0 Å². The predicted octanol–water partition coefficient (Wildman–Crippen LogP) is 3.92. The number of carbonyl (C=O) groups is 1. The fourth-order valence-electron chi connectivity index (χ4n) is 2.23. The monoisotopic (exact) mass is 342 g/mol. The van der Waals surface area contributed by atoms with Crippen molar-refractivity contribution in [3.05, 3.63) is 10.1 Å². The summed E-state index contributed by atoms with van der Waals surface area (Å²) in [4.78, 5) is 8.29. The molecule has 0 aromatic carbocycles. The highest BCUT2D eigenvalue weighted by molar-refractivity contribution is 6.62. The molecular formula is C8H4Cl6O2. The van der Waals surface area contributed by atoms with Gasteiger partial charge in [0.1, 0.15) is 10.8 Å². The van der Waals surface area contributed by atoms with Crippen LogP contribution in [0.4, 0.5) is 0 Å². The number of rotatable bonds is 1. The minimum atomic E-state index is -1.79. The Balaban J connectivity index is 2.69. The van der Waals surface area contributed by atoms with E-state index in [1.54, 1.807) is 0 Å². The third-order valence-corrected chi connectivity index (χ3v) is 6.77. The van der Waals surface area contributed by atoms with Gasteiger partial charge >= 0.3 is 5.97 Å². The van der Waals surface area contributed by atoms with Gasteiger partial charge in [-0.05, 0) is 6.42 Å². The standard InChI is InChI=1S/C8H4Cl6O2/c9-3-4(10)7(12)1-6(3,11)2(5(15)16)8(7,13)14/h2H,1H2,(H,15,16). The topological polar surface area (TPSA) is 37.3 Å². The summed E-state index contributed by atoms with van der Waals surface area (Å²) in [6.45, 7) is 0. The smallest absolute Gasteiger partial charge is 0.311 e. The summed E-state index contributed by atoms with van der Waals surface area (Å²) in [5.74, 6) is -2.57. The Morgan fingerprint density at radius 3 is 2.06 bits per heavy atom. The summed E-state index contributed by atoms with van der Waals surface area (Å²) in [7, 11) is 0. The molecule has 2 rings (SSSR count). The first-order valence-electron chi connectivity index (χ1n) is 4.13. The lowest BCUT2D eigenvalue weighted by atomic mass is 9.91. The minimum Gasteiger partial charge on any atom is -0.481 e. The molecule has 8 heteroatoms. The van der Waals surface area contributed by atoms with Gasteiger partial charge in [0, 0.05) is 0 Å². The second-order valence-electron chi connectivity index (χ2n) is 3.86. The van der Waals surface area contributed by atoms with Crippen molar-refractivity contribution in [2.45, 2.75) is 20.5 Å². The number of hydrogen-bond acceptors (Lipinski definition) is 1. The van der Waals surface area contributed by atoms with E-state index in [4.69, 9.17) is 74.7 Å². The molecule has 3 unspecified atom stereocenters. The molecule has 1 saturated carbocycles. The van der Waals surface area contributed by atoms with Crippen LogP contribution >= 0.6 is 69.6 Å². The van der Waals surface area contributed by atoms with Gasteiger partial charge in [0.15, 0.2) is 4.33 Å². The third-order valence-electron chi connectivity index (χ3n) is 3.00. The van der Waals surface area contributed by atoms with E-state index < -0.39 is 26.0 Å². The first kappa shape index (κ1) is 13.4. The summed E-state index contributed by atoms with van der Waals surface area (Å²) >= 11 is 36.2. The summed E-state index contributed by atoms with van der Waals surface area (Å²) in [6.07, 6.45) is -0.00918. The van der Waals surface area contributed by atoms with Crippen LogP contribution < -0.4 is 0 Å². The van der Waals surface area contributed by atoms with Crippen molar-refractivity contribution >= 4 is 75.6 Å². The van der Waals surface area contributed by atoms with Gasteiger partial charge in [0.05, 0.1) is 14.9 Å². The molecule has 1 fully saturated rings. The highest BCUT2D eigenvalue weighted by atomic mass is 35.5. The normalized spacial score (nSPS) is 45.2. The number of allylic oxidation sites excluding steroid dienone is 2. The minimum absolute atomic E-state index is 0.00918. The van der Waals surface area contributed by atoms with Crippen molar-refractivity contribution in [1.82, 2.24) is 0 Å². The fraction of sp³-hybridized carbons (Fsp3) is 0.625. The van der Waals surface area contributed by atoms with E-state index in [2.05, 4.69) is 0 Å². The van der Waals surface area contributed by atoms with E-state index in [-0.39, 0.29) is 16.5 Å². The Labute approximate surface area is 121 Å². The van der Waals surface area contributed by atoms with Gasteiger partial charge in [-0.1, -0.05) is 46.4 Å². The van der Waals surface area contributed by atoms with Crippen LogP contribution in [-0.2, 0) is 4.79 Å². The Morgan fingerprint density at radius 1 is 1.19 bits per heavy atom. The SMILES string of the molecule is O=C(O)C1C2(Cl)CC(Cl)(C(Cl)=C2Cl)C1(Cl)Cl. The molecule has 0 aromatic rings. The molecule has 0 spiro atoms. The van der Waals surface area contributed by atoms with Gasteiger partial charge in [0.25, 0.3) is 0 Å². The van der Waals surface area contributed by atoms with Gasteiger partial charge in [-0.2, -0.15) is 0 Å². The van der Waals surface area contributed by atoms with Crippen molar-refractivity contribution in [3.63, 3.8) is 0 Å². The van der Waals surface area contributed by atoms with Crippen LogP contribution in [0.25, 0.3) is 0 Å². The van der Waals surface area contributed by atoms with Gasteiger partial charge < -0.3 is 5.11 Å². The van der Waals surface area contributed by atoms with Crippen LogP contribution in [-0.4, -0.2) is 25.2 Å². The fourth-order valence-corrected chi connectivity index (χ4v) is 5.17. The van der Waals surface area contributed by atoms with Gasteiger partial charge in [0.2, 0.25) is 0 Å². The number of carboxylic acid groups (broad SMARTS) is 1. The lowest BCUT2D eigenvalue weighted by molar-refractivity contribution is -0.142. The number of carboxylic acids is 1. The van der Waals surface area contributed by atoms with Crippen LogP contribution in [0.2, 0.25) is 0 Å². The second-order valence-corrected chi connectivity index (χ2v) is 7.32. The van der Waals surface area contributed by atoms with Crippen LogP contribution in [0.3, 0.4) is 0 Å². The van der Waals surface area contributed by atoms with E-state index in [0.717, 1.165) is 0 Å². The molecule has 0 saturated heterocycles. The Hall–Kier alpha value is 0.950. The largest absolute Gasteiger partial charge is 0.481 e. The lowest BCUT2D eigenvalue weighted by Gasteiger charge is -2.37. The maximum absolute atomic E-state index is 11.2. The molecule has 2 aliphatic carbocycles. The molecule has 1 N–H and O–H groups in total. The first-order valence-corrected chi connectivity index (χ1v) is 6.40. The van der Waals surface area contributed by atoms with Crippen LogP contribution in [0, 0.1) is 5.92 Å². The number of aliphatic carboxylic acids is 1. The zero-order valence-electron chi connectivity index (χ0n) is 7.41. The number of halogens is 6. The Morgan fingerprint density at radius 2 is 1.69 bits per heavy atom. The van der Waals surface area contributed by atoms with Gasteiger partial charge in [-0.15, -0.1) is 23.2 Å². The van der Waals surface area contributed by atoms with E-state index in [9.17, 15) is 4.79 Å². The summed E-state index contributed by atoms with van der Waals surface area (Å²) in [6, 6.07) is 0. The first-order chi connectivity index (χ1) is 7.09. The van der Waals surface area contributed by atoms with E-state index in [0.29, 0.717) is 0 Å². The molecule has 0 aromatic heterocycles. The van der Waals surface area contributed by atoms with E-state index >= 15 is 0 Å². The summed E-state index contributed by atoms with van der Waals surface area (Å²) < 4.78 is -1.79. The Bertz CT molecular complexity index is 419. The molecule has 16 heavy (non-hydrogen) atoms. The van der Waals surface area contributed by atoms with Crippen LogP contribution in [0.5, 0.6) is 0 Å². The summed E-state index contributed by atoms with van der Waals surface area (Å²) in [5.41, 5.74) is 0. The zero-order valence-corrected chi connectivity index (χ0v) is 11.9. The number of alkyl halides is 4. The highest BCUT2D eigenvalue weighted by Crippen LogP contribution is 2.72. The average Bonchev–Trinajstić information content (AvgIpc) is 2.38. The van der Waals surface area contributed by atoms with Gasteiger partial charge in [-0.25, -0.2) is 0 Å². The molecular weight excluding hydrogens is 341 g/mol. The van der Waals surface area contributed by atoms with Crippen LogP contribution in [0.1, 0.15) is 6.42 Å². The van der Waals surface area contributed by atoms with Crippen molar-refractivity contribution in [2.24, 2.45) is 5.92 Å². The maximum atomic E-state index is 11.2. The number of fused-ring (bicyclic) bond motifs is 2. The van der Waals surface area contributed by atoms with Crippen molar-refractivity contribution in [1.29, 1.82) is 0 Å². The van der Waals surface area contributed by atoms with Crippen molar-refractivity contribution in [2.75, 3.05) is 0 Å². The van der Waals surface area contributed by atoms with Crippen molar-refractivity contribution in [3.8, 4) is 0 Å². The highest BCUT2D eigenvalue weighted by Gasteiger charge is 2.77.